The molecule has 6 heteroatoms. The number of esters is 1. The Bertz CT molecular complexity index is 256. The average molecular weight is 253 g/mol. The van der Waals surface area contributed by atoms with Gasteiger partial charge in [0, 0.05) is 13.1 Å². The van der Waals surface area contributed by atoms with Crippen molar-refractivity contribution in [2.45, 2.75) is 32.4 Å². The summed E-state index contributed by atoms with van der Waals surface area (Å²) in [6.45, 7) is 3.03. The van der Waals surface area contributed by atoms with Gasteiger partial charge in [0.2, 0.25) is 0 Å². The Morgan fingerprint density at radius 2 is 2.18 bits per heavy atom. The number of carbonyl (C=O) groups is 1. The molecule has 0 aromatic heterocycles. The van der Waals surface area contributed by atoms with E-state index in [1.807, 2.05) is 0 Å². The highest BCUT2D eigenvalue weighted by atomic mass is 19.4. The molecule has 0 amide bonds. The van der Waals surface area contributed by atoms with E-state index in [0.717, 1.165) is 6.42 Å². The van der Waals surface area contributed by atoms with E-state index >= 15 is 0 Å². The van der Waals surface area contributed by atoms with E-state index in [0.29, 0.717) is 26.1 Å². The highest BCUT2D eigenvalue weighted by Crippen LogP contribution is 2.23. The molecule has 0 N–H and O–H groups in total. The Balaban J connectivity index is 2.36. The lowest BCUT2D eigenvalue weighted by molar-refractivity contribution is -0.151. The number of halogens is 3. The second-order valence-corrected chi connectivity index (χ2v) is 4.26. The van der Waals surface area contributed by atoms with E-state index < -0.39 is 12.6 Å². The van der Waals surface area contributed by atoms with Crippen molar-refractivity contribution in [3.8, 4) is 0 Å². The van der Waals surface area contributed by atoms with Crippen LogP contribution in [0.25, 0.3) is 0 Å². The van der Waals surface area contributed by atoms with Gasteiger partial charge in [-0.05, 0) is 26.3 Å². The zero-order chi connectivity index (χ0) is 12.9. The van der Waals surface area contributed by atoms with Crippen molar-refractivity contribution < 1.29 is 22.7 Å². The van der Waals surface area contributed by atoms with Crippen LogP contribution in [0.15, 0.2) is 0 Å². The van der Waals surface area contributed by atoms with Crippen LogP contribution in [-0.4, -0.2) is 43.3 Å². The lowest BCUT2D eigenvalue weighted by Crippen LogP contribution is -2.40. The topological polar surface area (TPSA) is 29.5 Å². The Kier molecular flexibility index (Phi) is 5.24. The number of likely N-dealkylation sites (tertiary alicyclic amines) is 1. The van der Waals surface area contributed by atoms with Gasteiger partial charge in [0.15, 0.2) is 0 Å². The van der Waals surface area contributed by atoms with Crippen molar-refractivity contribution in [2.24, 2.45) is 5.92 Å². The van der Waals surface area contributed by atoms with Crippen molar-refractivity contribution in [3.63, 3.8) is 0 Å². The van der Waals surface area contributed by atoms with E-state index in [1.165, 1.54) is 0 Å². The van der Waals surface area contributed by atoms with Crippen LogP contribution in [0.2, 0.25) is 0 Å². The van der Waals surface area contributed by atoms with Crippen LogP contribution in [0, 0.1) is 5.92 Å². The fourth-order valence-electron chi connectivity index (χ4n) is 2.00. The van der Waals surface area contributed by atoms with Crippen molar-refractivity contribution >= 4 is 5.97 Å². The first kappa shape index (κ1) is 14.3. The second kappa shape index (κ2) is 6.23. The molecule has 1 saturated heterocycles. The third-order valence-electron chi connectivity index (χ3n) is 2.84. The van der Waals surface area contributed by atoms with Crippen LogP contribution in [0.1, 0.15) is 26.2 Å². The largest absolute Gasteiger partial charge is 0.466 e. The maximum Gasteiger partial charge on any atom is 0.390 e. The summed E-state index contributed by atoms with van der Waals surface area (Å²) in [6, 6.07) is 0. The highest BCUT2D eigenvalue weighted by molar-refractivity contribution is 5.72. The molecule has 0 spiro atoms. The zero-order valence-corrected chi connectivity index (χ0v) is 9.92. The summed E-state index contributed by atoms with van der Waals surface area (Å²) in [6.07, 6.45) is -3.48. The number of ether oxygens (including phenoxy) is 1. The molecule has 1 aliphatic heterocycles. The molecule has 0 aromatic rings. The summed E-state index contributed by atoms with van der Waals surface area (Å²) in [5.74, 6) is -0.554. The fraction of sp³-hybridized carbons (Fsp3) is 0.909. The molecule has 17 heavy (non-hydrogen) atoms. The van der Waals surface area contributed by atoms with Crippen molar-refractivity contribution in [1.29, 1.82) is 0 Å². The molecule has 0 bridgehead atoms. The highest BCUT2D eigenvalue weighted by Gasteiger charge is 2.31. The van der Waals surface area contributed by atoms with E-state index in [2.05, 4.69) is 0 Å². The molecule has 0 radical (unpaired) electrons. The molecule has 1 fully saturated rings. The molecule has 1 unspecified atom stereocenters. The number of rotatable bonds is 4. The minimum atomic E-state index is -4.13. The van der Waals surface area contributed by atoms with Gasteiger partial charge in [-0.2, -0.15) is 13.2 Å². The molecular formula is C11H18F3NO2. The Morgan fingerprint density at radius 1 is 1.47 bits per heavy atom. The van der Waals surface area contributed by atoms with Gasteiger partial charge >= 0.3 is 12.1 Å². The third kappa shape index (κ3) is 5.39. The molecule has 1 rings (SSSR count). The van der Waals surface area contributed by atoms with Crippen molar-refractivity contribution in [3.05, 3.63) is 0 Å². The van der Waals surface area contributed by atoms with Crippen LogP contribution in [0.5, 0.6) is 0 Å². The van der Waals surface area contributed by atoms with E-state index in [-0.39, 0.29) is 18.4 Å². The summed E-state index contributed by atoms with van der Waals surface area (Å²) in [4.78, 5) is 13.2. The predicted molar refractivity (Wildman–Crippen MR) is 56.5 cm³/mol. The standard InChI is InChI=1S/C11H18F3NO2/c1-2-17-10(16)9-4-3-6-15(8-9)7-5-11(12,13)14/h9H,2-8H2,1H3. The molecular weight excluding hydrogens is 235 g/mol. The van der Waals surface area contributed by atoms with Crippen LogP contribution in [0.4, 0.5) is 13.2 Å². The second-order valence-electron chi connectivity index (χ2n) is 4.26. The monoisotopic (exact) mass is 253 g/mol. The molecule has 0 aromatic carbocycles. The normalized spacial score (nSPS) is 22.5. The van der Waals surface area contributed by atoms with Gasteiger partial charge < -0.3 is 9.64 Å². The average Bonchev–Trinajstić information content (AvgIpc) is 2.26. The number of hydrogen-bond acceptors (Lipinski definition) is 3. The fourth-order valence-corrected chi connectivity index (χ4v) is 2.00. The van der Waals surface area contributed by atoms with Gasteiger partial charge in [0.25, 0.3) is 0 Å². The predicted octanol–water partition coefficient (Wildman–Crippen LogP) is 2.21. The molecule has 1 heterocycles. The van der Waals surface area contributed by atoms with Gasteiger partial charge in [0.05, 0.1) is 18.9 Å². The Labute approximate surface area is 98.9 Å². The molecule has 1 aliphatic rings. The first-order valence-electron chi connectivity index (χ1n) is 5.88. The van der Waals surface area contributed by atoms with Gasteiger partial charge in [-0.1, -0.05) is 0 Å². The smallest absolute Gasteiger partial charge is 0.390 e. The Hall–Kier alpha value is -0.780. The van der Waals surface area contributed by atoms with Crippen LogP contribution in [0.3, 0.4) is 0 Å². The molecule has 1 atom stereocenters. The van der Waals surface area contributed by atoms with Crippen LogP contribution < -0.4 is 0 Å². The first-order chi connectivity index (χ1) is 7.92. The lowest BCUT2D eigenvalue weighted by atomic mass is 9.98. The number of nitrogens with zero attached hydrogens (tertiary/aromatic N) is 1. The molecule has 3 nitrogen and oxygen atoms in total. The summed E-state index contributed by atoms with van der Waals surface area (Å²) in [5.41, 5.74) is 0. The van der Waals surface area contributed by atoms with Crippen LogP contribution in [-0.2, 0) is 9.53 Å². The minimum Gasteiger partial charge on any atom is -0.466 e. The summed E-state index contributed by atoms with van der Waals surface area (Å²) >= 11 is 0. The Morgan fingerprint density at radius 3 is 2.76 bits per heavy atom. The van der Waals surface area contributed by atoms with Gasteiger partial charge in [0.1, 0.15) is 0 Å². The summed E-state index contributed by atoms with van der Waals surface area (Å²) in [5, 5.41) is 0. The first-order valence-corrected chi connectivity index (χ1v) is 5.88. The number of piperidine rings is 1. The van der Waals surface area contributed by atoms with Gasteiger partial charge in [-0.3, -0.25) is 4.79 Å². The van der Waals surface area contributed by atoms with Gasteiger partial charge in [-0.25, -0.2) is 0 Å². The van der Waals surface area contributed by atoms with Crippen molar-refractivity contribution in [1.82, 2.24) is 4.90 Å². The van der Waals surface area contributed by atoms with E-state index in [4.69, 9.17) is 4.74 Å². The maximum absolute atomic E-state index is 12.1. The number of carbonyl (C=O) groups excluding carboxylic acids is 1. The third-order valence-corrected chi connectivity index (χ3v) is 2.84. The zero-order valence-electron chi connectivity index (χ0n) is 9.92. The van der Waals surface area contributed by atoms with Crippen molar-refractivity contribution in [2.75, 3.05) is 26.2 Å². The summed E-state index contributed by atoms with van der Waals surface area (Å²) in [7, 11) is 0. The minimum absolute atomic E-state index is 0.0284. The number of alkyl halides is 3. The lowest BCUT2D eigenvalue weighted by Gasteiger charge is -2.31. The summed E-state index contributed by atoms with van der Waals surface area (Å²) < 4.78 is 41.1. The molecule has 100 valence electrons. The quantitative estimate of drug-likeness (QED) is 0.719. The van der Waals surface area contributed by atoms with E-state index in [9.17, 15) is 18.0 Å². The maximum atomic E-state index is 12.1. The number of hydrogen-bond donors (Lipinski definition) is 0. The van der Waals surface area contributed by atoms with E-state index in [1.54, 1.807) is 11.8 Å². The SMILES string of the molecule is CCOC(=O)C1CCCN(CCC(F)(F)F)C1. The molecule has 0 saturated carbocycles. The van der Waals surface area contributed by atoms with Crippen LogP contribution >= 0.6 is 0 Å². The molecule has 0 aliphatic carbocycles. The van der Waals surface area contributed by atoms with Gasteiger partial charge in [-0.15, -0.1) is 0 Å².